The van der Waals surface area contributed by atoms with E-state index in [-0.39, 0.29) is 0 Å². The summed E-state index contributed by atoms with van der Waals surface area (Å²) in [6.07, 6.45) is 3.96. The molecule has 0 aliphatic heterocycles. The van der Waals surface area contributed by atoms with Crippen molar-refractivity contribution in [1.82, 2.24) is 14.6 Å². The van der Waals surface area contributed by atoms with Crippen LogP contribution in [0.25, 0.3) is 16.2 Å². The molecule has 0 unspecified atom stereocenters. The van der Waals surface area contributed by atoms with Crippen molar-refractivity contribution < 1.29 is 0 Å². The molecule has 3 rings (SSSR count). The highest BCUT2D eigenvalue weighted by Crippen LogP contribution is 2.25. The van der Waals surface area contributed by atoms with Crippen LogP contribution < -0.4 is 0 Å². The first kappa shape index (κ1) is 11.1. The number of fused-ring (bicyclic) bond motifs is 1. The molecule has 3 aromatic rings. The van der Waals surface area contributed by atoms with E-state index in [1.54, 1.807) is 16.3 Å². The zero-order valence-corrected chi connectivity index (χ0v) is 11.3. The third-order valence-electron chi connectivity index (χ3n) is 2.40. The molecule has 3 nitrogen and oxygen atoms in total. The predicted molar refractivity (Wildman–Crippen MR) is 73.1 cm³/mol. The van der Waals surface area contributed by atoms with E-state index >= 15 is 0 Å². The van der Waals surface area contributed by atoms with Gasteiger partial charge in [-0.15, -0.1) is 16.9 Å². The molecule has 86 valence electrons. The number of rotatable bonds is 2. The molecule has 0 bridgehead atoms. The first-order chi connectivity index (χ1) is 8.26. The molecule has 2 heterocycles. The van der Waals surface area contributed by atoms with Gasteiger partial charge in [0.25, 0.3) is 0 Å². The SMILES string of the molecule is CSc1ccc(-c2cn3nc(Cl)sc3n2)cc1. The molecule has 6 heteroatoms. The zero-order chi connectivity index (χ0) is 11.8. The second-order valence-electron chi connectivity index (χ2n) is 3.44. The average Bonchev–Trinajstić information content (AvgIpc) is 2.86. The van der Waals surface area contributed by atoms with Crippen molar-refractivity contribution in [1.29, 1.82) is 0 Å². The Kier molecular flexibility index (Phi) is 2.82. The lowest BCUT2D eigenvalue weighted by Gasteiger charge is -1.98. The lowest BCUT2D eigenvalue weighted by Crippen LogP contribution is -1.79. The fraction of sp³-hybridized carbons (Fsp3) is 0.0909. The molecule has 0 radical (unpaired) electrons. The smallest absolute Gasteiger partial charge is 0.213 e. The largest absolute Gasteiger partial charge is 0.217 e. The third kappa shape index (κ3) is 2.06. The Hall–Kier alpha value is -1.04. The van der Waals surface area contributed by atoms with Gasteiger partial charge in [-0.1, -0.05) is 23.5 Å². The second kappa shape index (κ2) is 4.33. The Morgan fingerprint density at radius 2 is 2.06 bits per heavy atom. The highest BCUT2D eigenvalue weighted by Gasteiger charge is 2.08. The van der Waals surface area contributed by atoms with Gasteiger partial charge in [-0.05, 0) is 30.0 Å². The topological polar surface area (TPSA) is 30.2 Å². The number of nitrogens with zero attached hydrogens (tertiary/aromatic N) is 3. The fourth-order valence-corrected chi connectivity index (χ4v) is 2.88. The molecular formula is C11H8ClN3S2. The summed E-state index contributed by atoms with van der Waals surface area (Å²) < 4.78 is 2.22. The van der Waals surface area contributed by atoms with Crippen LogP contribution in [0.5, 0.6) is 0 Å². The summed E-state index contributed by atoms with van der Waals surface area (Å²) >= 11 is 8.91. The van der Waals surface area contributed by atoms with E-state index in [1.807, 2.05) is 6.20 Å². The molecule has 1 aromatic carbocycles. The minimum absolute atomic E-state index is 0.511. The monoisotopic (exact) mass is 281 g/mol. The summed E-state index contributed by atoms with van der Waals surface area (Å²) in [5.74, 6) is 0. The molecule has 0 aliphatic carbocycles. The molecule has 0 atom stereocenters. The average molecular weight is 282 g/mol. The van der Waals surface area contributed by atoms with E-state index in [0.29, 0.717) is 4.47 Å². The van der Waals surface area contributed by atoms with Gasteiger partial charge in [-0.25, -0.2) is 9.50 Å². The van der Waals surface area contributed by atoms with E-state index in [9.17, 15) is 0 Å². The van der Waals surface area contributed by atoms with Gasteiger partial charge >= 0.3 is 0 Å². The Labute approximate surface area is 111 Å². The highest BCUT2D eigenvalue weighted by molar-refractivity contribution is 7.98. The van der Waals surface area contributed by atoms with Gasteiger partial charge in [0, 0.05) is 10.5 Å². The minimum atomic E-state index is 0.511. The summed E-state index contributed by atoms with van der Waals surface area (Å²) in [7, 11) is 0. The van der Waals surface area contributed by atoms with Crippen LogP contribution in [0.1, 0.15) is 0 Å². The van der Waals surface area contributed by atoms with Crippen molar-refractivity contribution in [3.63, 3.8) is 0 Å². The number of aromatic nitrogens is 3. The van der Waals surface area contributed by atoms with Crippen molar-refractivity contribution in [2.75, 3.05) is 6.26 Å². The van der Waals surface area contributed by atoms with E-state index in [2.05, 4.69) is 40.6 Å². The Bertz CT molecular complexity index is 625. The predicted octanol–water partition coefficient (Wildman–Crippen LogP) is 3.83. The van der Waals surface area contributed by atoms with Crippen LogP contribution >= 0.6 is 34.7 Å². The molecule has 0 spiro atoms. The fourth-order valence-electron chi connectivity index (χ4n) is 1.58. The van der Waals surface area contributed by atoms with Gasteiger partial charge < -0.3 is 0 Å². The molecular weight excluding hydrogens is 274 g/mol. The first-order valence-electron chi connectivity index (χ1n) is 4.92. The van der Waals surface area contributed by atoms with Gasteiger partial charge in [0.2, 0.25) is 9.43 Å². The van der Waals surface area contributed by atoms with Crippen LogP contribution in [0.3, 0.4) is 0 Å². The number of thioether (sulfide) groups is 1. The van der Waals surface area contributed by atoms with Crippen LogP contribution in [0, 0.1) is 0 Å². The zero-order valence-electron chi connectivity index (χ0n) is 8.92. The van der Waals surface area contributed by atoms with E-state index in [1.165, 1.54) is 16.2 Å². The summed E-state index contributed by atoms with van der Waals surface area (Å²) in [5.41, 5.74) is 2.02. The Morgan fingerprint density at radius 1 is 1.29 bits per heavy atom. The Morgan fingerprint density at radius 3 is 2.71 bits per heavy atom. The molecule has 0 aliphatic rings. The second-order valence-corrected chi connectivity index (χ2v) is 5.85. The van der Waals surface area contributed by atoms with Crippen molar-refractivity contribution in [2.45, 2.75) is 4.90 Å². The van der Waals surface area contributed by atoms with Gasteiger partial charge in [0.1, 0.15) is 0 Å². The molecule has 0 saturated heterocycles. The van der Waals surface area contributed by atoms with Crippen LogP contribution in [0.4, 0.5) is 0 Å². The number of benzene rings is 1. The van der Waals surface area contributed by atoms with Crippen LogP contribution in [0.15, 0.2) is 35.4 Å². The van der Waals surface area contributed by atoms with Crippen LogP contribution in [-0.4, -0.2) is 20.9 Å². The van der Waals surface area contributed by atoms with Crippen molar-refractivity contribution in [3.05, 3.63) is 34.9 Å². The Balaban J connectivity index is 2.04. The maximum absolute atomic E-state index is 5.81. The molecule has 2 aromatic heterocycles. The lowest BCUT2D eigenvalue weighted by molar-refractivity contribution is 0.974. The van der Waals surface area contributed by atoms with Gasteiger partial charge in [-0.3, -0.25) is 0 Å². The molecule has 17 heavy (non-hydrogen) atoms. The third-order valence-corrected chi connectivity index (χ3v) is 4.17. The molecule has 0 N–H and O–H groups in total. The van der Waals surface area contributed by atoms with E-state index in [4.69, 9.17) is 11.6 Å². The highest BCUT2D eigenvalue weighted by atomic mass is 35.5. The summed E-state index contributed by atoms with van der Waals surface area (Å²) in [5, 5.41) is 4.13. The number of hydrogen-bond acceptors (Lipinski definition) is 4. The van der Waals surface area contributed by atoms with Crippen LogP contribution in [-0.2, 0) is 0 Å². The van der Waals surface area contributed by atoms with Gasteiger partial charge in [0.05, 0.1) is 11.9 Å². The maximum atomic E-state index is 5.81. The number of imidazole rings is 1. The van der Waals surface area contributed by atoms with E-state index in [0.717, 1.165) is 16.2 Å². The number of halogens is 1. The summed E-state index contributed by atoms with van der Waals surface area (Å²) in [6.45, 7) is 0. The van der Waals surface area contributed by atoms with Crippen molar-refractivity contribution in [3.8, 4) is 11.3 Å². The standard InChI is InChI=1S/C11H8ClN3S2/c1-16-8-4-2-7(3-5-8)9-6-15-11(13-9)17-10(12)14-15/h2-6H,1H3. The maximum Gasteiger partial charge on any atom is 0.213 e. The molecule has 0 fully saturated rings. The molecule has 0 amide bonds. The van der Waals surface area contributed by atoms with Crippen molar-refractivity contribution >= 4 is 39.7 Å². The summed E-state index contributed by atoms with van der Waals surface area (Å²) in [4.78, 5) is 6.55. The number of hydrogen-bond donors (Lipinski definition) is 0. The molecule has 0 saturated carbocycles. The van der Waals surface area contributed by atoms with E-state index < -0.39 is 0 Å². The summed E-state index contributed by atoms with van der Waals surface area (Å²) in [6, 6.07) is 8.32. The van der Waals surface area contributed by atoms with Gasteiger partial charge in [0.15, 0.2) is 0 Å². The van der Waals surface area contributed by atoms with Crippen LogP contribution in [0.2, 0.25) is 4.47 Å². The van der Waals surface area contributed by atoms with Gasteiger partial charge in [-0.2, -0.15) is 0 Å². The first-order valence-corrected chi connectivity index (χ1v) is 7.34. The lowest BCUT2D eigenvalue weighted by atomic mass is 10.2. The normalized spacial score (nSPS) is 11.2. The minimum Gasteiger partial charge on any atom is -0.217 e. The van der Waals surface area contributed by atoms with Crippen molar-refractivity contribution in [2.24, 2.45) is 0 Å². The quantitative estimate of drug-likeness (QED) is 0.669.